The van der Waals surface area contributed by atoms with Gasteiger partial charge in [-0.05, 0) is 0 Å². The van der Waals surface area contributed by atoms with Crippen LogP contribution >= 0.6 is 0 Å². The van der Waals surface area contributed by atoms with Crippen LogP contribution in [-0.2, 0) is 9.47 Å². The summed E-state index contributed by atoms with van der Waals surface area (Å²) in [6.07, 6.45) is 1.73. The van der Waals surface area contributed by atoms with Crippen LogP contribution in [-0.4, -0.2) is 46.1 Å². The molecule has 1 fully saturated rings. The summed E-state index contributed by atoms with van der Waals surface area (Å²) in [5.74, 6) is 0.959. The maximum Gasteiger partial charge on any atom is 0.277 e. The molecule has 1 saturated heterocycles. The third-order valence-electron chi connectivity index (χ3n) is 5.16. The molecular formula is C22H20N4O3. The van der Waals surface area contributed by atoms with E-state index in [2.05, 4.69) is 15.1 Å². The minimum Gasteiger partial charge on any atom is -0.377 e. The average molecular weight is 388 g/mol. The van der Waals surface area contributed by atoms with E-state index in [1.165, 1.54) is 0 Å². The van der Waals surface area contributed by atoms with Gasteiger partial charge >= 0.3 is 0 Å². The minimum absolute atomic E-state index is 0.0213. The fourth-order valence-electron chi connectivity index (χ4n) is 3.66. The summed E-state index contributed by atoms with van der Waals surface area (Å²) < 4.78 is 19.0. The first kappa shape index (κ1) is 17.8. The second-order valence-corrected chi connectivity index (χ2v) is 6.88. The van der Waals surface area contributed by atoms with Crippen LogP contribution in [0.2, 0.25) is 0 Å². The van der Waals surface area contributed by atoms with Gasteiger partial charge in [-0.3, -0.25) is 0 Å². The molecule has 0 unspecified atom stereocenters. The highest BCUT2D eigenvalue weighted by molar-refractivity contribution is 5.75. The quantitative estimate of drug-likeness (QED) is 0.517. The summed E-state index contributed by atoms with van der Waals surface area (Å²) in [4.78, 5) is 9.35. The number of nitrogens with zero attached hydrogens (tertiary/aromatic N) is 4. The Hall–Kier alpha value is -3.29. The Morgan fingerprint density at radius 1 is 0.966 bits per heavy atom. The lowest BCUT2D eigenvalue weighted by atomic mass is 10.1. The number of methoxy groups -OCH3 is 1. The Morgan fingerprint density at radius 3 is 2.41 bits per heavy atom. The summed E-state index contributed by atoms with van der Waals surface area (Å²) in [5, 5.41) is 4.19. The van der Waals surface area contributed by atoms with E-state index < -0.39 is 0 Å². The van der Waals surface area contributed by atoms with Gasteiger partial charge in [0.05, 0.1) is 25.6 Å². The zero-order chi connectivity index (χ0) is 19.6. The van der Waals surface area contributed by atoms with Crippen LogP contribution < -0.4 is 0 Å². The van der Waals surface area contributed by atoms with Gasteiger partial charge in [-0.15, -0.1) is 0 Å². The van der Waals surface area contributed by atoms with Crippen molar-refractivity contribution in [2.24, 2.45) is 0 Å². The number of hydrogen-bond donors (Lipinski definition) is 0. The van der Waals surface area contributed by atoms with Crippen LogP contribution in [0.25, 0.3) is 34.2 Å². The fourth-order valence-corrected chi connectivity index (χ4v) is 3.66. The molecule has 5 rings (SSSR count). The van der Waals surface area contributed by atoms with Crippen molar-refractivity contribution in [3.05, 3.63) is 67.0 Å². The molecule has 0 spiro atoms. The first-order valence-corrected chi connectivity index (χ1v) is 9.47. The number of hydrogen-bond acceptors (Lipinski definition) is 6. The maximum absolute atomic E-state index is 5.69. The van der Waals surface area contributed by atoms with Gasteiger partial charge in [0.15, 0.2) is 0 Å². The van der Waals surface area contributed by atoms with Gasteiger partial charge in [-0.25, -0.2) is 4.98 Å². The van der Waals surface area contributed by atoms with Crippen molar-refractivity contribution < 1.29 is 14.0 Å². The molecule has 2 aromatic heterocycles. The second kappa shape index (κ2) is 7.62. The number of imidazole rings is 1. The maximum atomic E-state index is 5.69. The lowest BCUT2D eigenvalue weighted by Gasteiger charge is -2.19. The number of rotatable bonds is 5. The monoisotopic (exact) mass is 388 g/mol. The van der Waals surface area contributed by atoms with Crippen LogP contribution in [0.15, 0.2) is 71.5 Å². The molecule has 29 heavy (non-hydrogen) atoms. The fraction of sp³-hybridized carbons (Fsp3) is 0.227. The normalized spacial score (nSPS) is 18.9. The van der Waals surface area contributed by atoms with Gasteiger partial charge in [0, 0.05) is 18.2 Å². The molecule has 0 radical (unpaired) electrons. The predicted molar refractivity (Wildman–Crippen MR) is 107 cm³/mol. The van der Waals surface area contributed by atoms with Crippen molar-refractivity contribution in [3.63, 3.8) is 0 Å². The second-order valence-electron chi connectivity index (χ2n) is 6.88. The van der Waals surface area contributed by atoms with E-state index in [1.807, 2.05) is 65.2 Å². The Balaban J connectivity index is 1.64. The third kappa shape index (κ3) is 3.24. The molecule has 1 aliphatic rings. The van der Waals surface area contributed by atoms with Crippen molar-refractivity contribution in [2.75, 3.05) is 20.3 Å². The molecule has 2 atom stereocenters. The topological polar surface area (TPSA) is 75.2 Å². The van der Waals surface area contributed by atoms with Gasteiger partial charge in [-0.1, -0.05) is 65.8 Å². The average Bonchev–Trinajstić information content (AvgIpc) is 3.53. The van der Waals surface area contributed by atoms with E-state index in [9.17, 15) is 0 Å². The zero-order valence-electron chi connectivity index (χ0n) is 15.9. The smallest absolute Gasteiger partial charge is 0.277 e. The lowest BCUT2D eigenvalue weighted by Crippen LogP contribution is -2.24. The largest absolute Gasteiger partial charge is 0.377 e. The molecule has 0 bridgehead atoms. The molecule has 0 aliphatic carbocycles. The zero-order valence-corrected chi connectivity index (χ0v) is 15.9. The van der Waals surface area contributed by atoms with Crippen molar-refractivity contribution in [1.82, 2.24) is 19.7 Å². The van der Waals surface area contributed by atoms with Crippen LogP contribution in [0.3, 0.4) is 0 Å². The number of benzene rings is 2. The van der Waals surface area contributed by atoms with E-state index in [0.29, 0.717) is 24.9 Å². The van der Waals surface area contributed by atoms with E-state index in [0.717, 1.165) is 22.5 Å². The first-order chi connectivity index (χ1) is 14.3. The summed E-state index contributed by atoms with van der Waals surface area (Å²) in [5.41, 5.74) is 3.43. The first-order valence-electron chi connectivity index (χ1n) is 9.47. The molecule has 0 N–H and O–H groups in total. The van der Waals surface area contributed by atoms with Crippen LogP contribution in [0.1, 0.15) is 6.04 Å². The Kier molecular flexibility index (Phi) is 4.67. The van der Waals surface area contributed by atoms with Crippen molar-refractivity contribution >= 4 is 0 Å². The van der Waals surface area contributed by atoms with Crippen LogP contribution in [0.5, 0.6) is 0 Å². The lowest BCUT2D eigenvalue weighted by molar-refractivity contribution is 0.0687. The van der Waals surface area contributed by atoms with Crippen molar-refractivity contribution in [2.45, 2.75) is 12.1 Å². The van der Waals surface area contributed by atoms with E-state index in [4.69, 9.17) is 14.0 Å². The Morgan fingerprint density at radius 2 is 1.69 bits per heavy atom. The molecule has 0 saturated carbocycles. The third-order valence-corrected chi connectivity index (χ3v) is 5.16. The Labute approximate surface area is 167 Å². The summed E-state index contributed by atoms with van der Waals surface area (Å²) >= 11 is 0. The summed E-state index contributed by atoms with van der Waals surface area (Å²) in [6, 6.07) is 19.7. The van der Waals surface area contributed by atoms with E-state index >= 15 is 0 Å². The molecular weight excluding hydrogens is 368 g/mol. The summed E-state index contributed by atoms with van der Waals surface area (Å²) in [6.45, 7) is 1.08. The molecule has 3 heterocycles. The van der Waals surface area contributed by atoms with Crippen molar-refractivity contribution in [3.8, 4) is 34.2 Å². The number of ether oxygens (including phenoxy) is 2. The molecule has 146 valence electrons. The standard InChI is InChI=1S/C22H20N4O3/c1-27-18-13-28-12-17(18)26-14-23-19(15-8-4-2-5-9-15)20(26)22-24-21(25-29-22)16-10-6-3-7-11-16/h2-11,14,17-18H,12-13H2,1H3/t17-,18-/m1/s1. The molecule has 4 aromatic rings. The van der Waals surface area contributed by atoms with Gasteiger partial charge in [0.2, 0.25) is 5.82 Å². The molecule has 0 amide bonds. The SMILES string of the molecule is CO[C@@H]1COC[C@H]1n1cnc(-c2ccccc2)c1-c1nc(-c2ccccc2)no1. The van der Waals surface area contributed by atoms with Gasteiger partial charge in [-0.2, -0.15) is 4.98 Å². The highest BCUT2D eigenvalue weighted by atomic mass is 16.5. The number of aromatic nitrogens is 4. The van der Waals surface area contributed by atoms with Gasteiger partial charge in [0.25, 0.3) is 5.89 Å². The molecule has 2 aromatic carbocycles. The van der Waals surface area contributed by atoms with E-state index in [1.54, 1.807) is 13.4 Å². The molecule has 7 heteroatoms. The van der Waals surface area contributed by atoms with Crippen LogP contribution in [0.4, 0.5) is 0 Å². The highest BCUT2D eigenvalue weighted by Gasteiger charge is 2.34. The Bertz CT molecular complexity index is 1090. The van der Waals surface area contributed by atoms with Gasteiger partial charge in [0.1, 0.15) is 17.5 Å². The van der Waals surface area contributed by atoms with Gasteiger partial charge < -0.3 is 18.6 Å². The summed E-state index contributed by atoms with van der Waals surface area (Å²) in [7, 11) is 1.70. The minimum atomic E-state index is -0.0666. The van der Waals surface area contributed by atoms with E-state index in [-0.39, 0.29) is 12.1 Å². The highest BCUT2D eigenvalue weighted by Crippen LogP contribution is 2.35. The molecule has 1 aliphatic heterocycles. The van der Waals surface area contributed by atoms with Crippen molar-refractivity contribution in [1.29, 1.82) is 0 Å². The molecule has 7 nitrogen and oxygen atoms in total. The predicted octanol–water partition coefficient (Wildman–Crippen LogP) is 3.85. The van der Waals surface area contributed by atoms with Crippen LogP contribution in [0, 0.1) is 0 Å².